The Bertz CT molecular complexity index is 960. The molecule has 0 aliphatic heterocycles. The Morgan fingerprint density at radius 3 is 2.04 bits per heavy atom. The fraction of sp³-hybridized carbons (Fsp3) is 0.0455. The molecular weight excluding hydrogens is 373 g/mol. The number of benzene rings is 3. The topological polar surface area (TPSA) is 26.0 Å². The third kappa shape index (κ3) is 3.43. The zero-order chi connectivity index (χ0) is 17.1. The summed E-state index contributed by atoms with van der Waals surface area (Å²) < 4.78 is 8.31. The van der Waals surface area contributed by atoms with Crippen LogP contribution in [0.25, 0.3) is 22.6 Å². The number of rotatable bonds is 4. The van der Waals surface area contributed by atoms with Gasteiger partial charge >= 0.3 is 154 Å². The van der Waals surface area contributed by atoms with Crippen LogP contribution in [-0.4, -0.2) is 20.1 Å². The first-order chi connectivity index (χ1) is 12.3. The molecule has 0 spiro atoms. The van der Waals surface area contributed by atoms with Crippen molar-refractivity contribution in [3.63, 3.8) is 0 Å². The van der Waals surface area contributed by atoms with Gasteiger partial charge in [-0.3, -0.25) is 0 Å². The van der Waals surface area contributed by atoms with Gasteiger partial charge in [0.1, 0.15) is 0 Å². The maximum atomic E-state index is 5.81. The third-order valence-corrected chi connectivity index (χ3v) is 6.26. The summed E-state index contributed by atoms with van der Waals surface area (Å²) in [6.07, 6.45) is 0. The van der Waals surface area contributed by atoms with Gasteiger partial charge in [0.2, 0.25) is 0 Å². The van der Waals surface area contributed by atoms with Gasteiger partial charge < -0.3 is 0 Å². The number of hydrogen-bond donors (Lipinski definition) is 0. The van der Waals surface area contributed by atoms with Gasteiger partial charge in [0, 0.05) is 0 Å². The number of aryl methyl sites for hydroxylation is 1. The van der Waals surface area contributed by atoms with Crippen molar-refractivity contribution in [2.45, 2.75) is 6.92 Å². The third-order valence-electron chi connectivity index (χ3n) is 3.97. The first kappa shape index (κ1) is 15.9. The van der Waals surface area contributed by atoms with E-state index in [1.807, 2.05) is 24.3 Å². The van der Waals surface area contributed by atoms with Gasteiger partial charge in [-0.2, -0.15) is 0 Å². The van der Waals surface area contributed by atoms with E-state index in [4.69, 9.17) is 4.52 Å². The summed E-state index contributed by atoms with van der Waals surface area (Å²) >= 11 is 0.118. The van der Waals surface area contributed by atoms with Crippen LogP contribution in [-0.2, 0) is 0 Å². The second-order valence-electron chi connectivity index (χ2n) is 5.84. The van der Waals surface area contributed by atoms with Crippen molar-refractivity contribution in [3.05, 3.63) is 90.5 Å². The maximum absolute atomic E-state index is 5.81. The van der Waals surface area contributed by atoms with Crippen LogP contribution in [0.15, 0.2) is 89.5 Å². The van der Waals surface area contributed by atoms with Crippen LogP contribution in [0.4, 0.5) is 0 Å². The minimum atomic E-state index is 0.118. The summed E-state index contributed by atoms with van der Waals surface area (Å²) in [6, 6.07) is 29.2. The van der Waals surface area contributed by atoms with Gasteiger partial charge in [0.25, 0.3) is 0 Å². The van der Waals surface area contributed by atoms with Crippen molar-refractivity contribution >= 4 is 23.9 Å². The summed E-state index contributed by atoms with van der Waals surface area (Å²) in [5, 5.41) is 4.42. The molecule has 1 aromatic heterocycles. The van der Waals surface area contributed by atoms with Crippen molar-refractivity contribution in [2.75, 3.05) is 0 Å². The molecule has 1 heterocycles. The second-order valence-corrected chi connectivity index (χ2v) is 8.11. The van der Waals surface area contributed by atoms with Crippen molar-refractivity contribution in [3.8, 4) is 22.6 Å². The van der Waals surface area contributed by atoms with E-state index in [0.29, 0.717) is 0 Å². The van der Waals surface area contributed by atoms with Gasteiger partial charge in [-0.05, 0) is 0 Å². The number of nitrogens with zero attached hydrogens (tertiary/aromatic N) is 1. The van der Waals surface area contributed by atoms with E-state index >= 15 is 0 Å². The molecule has 0 unspecified atom stereocenters. The van der Waals surface area contributed by atoms with Gasteiger partial charge in [0.15, 0.2) is 0 Å². The molecule has 4 rings (SSSR count). The molecule has 2 nitrogen and oxygen atoms in total. The van der Waals surface area contributed by atoms with Crippen LogP contribution in [0.2, 0.25) is 0 Å². The molecule has 3 heteroatoms. The first-order valence-electron chi connectivity index (χ1n) is 8.16. The second kappa shape index (κ2) is 7.10. The molecule has 3 aromatic carbocycles. The zero-order valence-corrected chi connectivity index (χ0v) is 15.6. The Hall–Kier alpha value is -2.61. The molecule has 0 atom stereocenters. The molecule has 0 aliphatic carbocycles. The standard InChI is InChI=1S/C22H17NOSe/c1-16-12-14-18(15-13-16)21-22(25-19-10-6-3-7-11-19)20(23-24-21)17-8-4-2-5-9-17/h2-15H,1H3. The van der Waals surface area contributed by atoms with Crippen LogP contribution in [0.3, 0.4) is 0 Å². The van der Waals surface area contributed by atoms with E-state index in [1.165, 1.54) is 14.5 Å². The average molecular weight is 390 g/mol. The van der Waals surface area contributed by atoms with E-state index in [2.05, 4.69) is 72.7 Å². The van der Waals surface area contributed by atoms with Crippen molar-refractivity contribution in [2.24, 2.45) is 0 Å². The van der Waals surface area contributed by atoms with Gasteiger partial charge in [-0.25, -0.2) is 0 Å². The van der Waals surface area contributed by atoms with E-state index in [-0.39, 0.29) is 15.0 Å². The number of hydrogen-bond acceptors (Lipinski definition) is 2. The zero-order valence-electron chi connectivity index (χ0n) is 13.8. The molecule has 0 N–H and O–H groups in total. The summed E-state index contributed by atoms with van der Waals surface area (Å²) in [6.45, 7) is 2.09. The molecule has 25 heavy (non-hydrogen) atoms. The molecule has 4 aromatic rings. The molecule has 0 aliphatic rings. The Morgan fingerprint density at radius 1 is 0.720 bits per heavy atom. The van der Waals surface area contributed by atoms with Gasteiger partial charge in [0.05, 0.1) is 0 Å². The van der Waals surface area contributed by atoms with Crippen LogP contribution in [0.1, 0.15) is 5.56 Å². The first-order valence-corrected chi connectivity index (χ1v) is 9.87. The molecule has 0 fully saturated rings. The van der Waals surface area contributed by atoms with Crippen molar-refractivity contribution in [1.29, 1.82) is 0 Å². The summed E-state index contributed by atoms with van der Waals surface area (Å²) in [4.78, 5) is 0. The summed E-state index contributed by atoms with van der Waals surface area (Å²) in [5.74, 6) is 0.878. The molecule has 0 radical (unpaired) electrons. The van der Waals surface area contributed by atoms with E-state index < -0.39 is 0 Å². The van der Waals surface area contributed by atoms with E-state index in [1.54, 1.807) is 0 Å². The Balaban J connectivity index is 1.84. The van der Waals surface area contributed by atoms with Gasteiger partial charge in [-0.15, -0.1) is 0 Å². The van der Waals surface area contributed by atoms with Crippen molar-refractivity contribution < 1.29 is 4.52 Å². The molecule has 0 bridgehead atoms. The number of aromatic nitrogens is 1. The van der Waals surface area contributed by atoms with E-state index in [9.17, 15) is 0 Å². The van der Waals surface area contributed by atoms with Crippen LogP contribution >= 0.6 is 0 Å². The van der Waals surface area contributed by atoms with E-state index in [0.717, 1.165) is 22.6 Å². The quantitative estimate of drug-likeness (QED) is 0.493. The SMILES string of the molecule is Cc1ccc(-c2onc(-c3ccccc3)c2[Se]c2ccccc2)cc1. The van der Waals surface area contributed by atoms with Crippen LogP contribution < -0.4 is 8.92 Å². The molecule has 0 saturated carbocycles. The molecule has 0 saturated heterocycles. The monoisotopic (exact) mass is 391 g/mol. The fourth-order valence-corrected chi connectivity index (χ4v) is 4.81. The Kier molecular flexibility index (Phi) is 4.51. The molecule has 0 amide bonds. The average Bonchev–Trinajstić information content (AvgIpc) is 3.07. The van der Waals surface area contributed by atoms with Crippen LogP contribution in [0.5, 0.6) is 0 Å². The Labute approximate surface area is 153 Å². The van der Waals surface area contributed by atoms with Crippen molar-refractivity contribution in [1.82, 2.24) is 5.16 Å². The fourth-order valence-electron chi connectivity index (χ4n) is 2.65. The summed E-state index contributed by atoms with van der Waals surface area (Å²) in [7, 11) is 0. The minimum absolute atomic E-state index is 0.118. The predicted molar refractivity (Wildman–Crippen MR) is 104 cm³/mol. The normalized spacial score (nSPS) is 10.8. The summed E-state index contributed by atoms with van der Waals surface area (Å²) in [5.41, 5.74) is 4.35. The Morgan fingerprint density at radius 2 is 1.36 bits per heavy atom. The predicted octanol–water partition coefficient (Wildman–Crippen LogP) is 3.97. The van der Waals surface area contributed by atoms with Gasteiger partial charge in [-0.1, -0.05) is 0 Å². The van der Waals surface area contributed by atoms with Crippen LogP contribution in [0, 0.1) is 6.92 Å². The molecular formula is C22H17NOSe. The molecule has 122 valence electrons.